The zero-order valence-corrected chi connectivity index (χ0v) is 8.63. The van der Waals surface area contributed by atoms with Crippen LogP contribution in [-0.2, 0) is 0 Å². The van der Waals surface area contributed by atoms with Gasteiger partial charge in [0.05, 0.1) is 0 Å². The van der Waals surface area contributed by atoms with Gasteiger partial charge in [0, 0.05) is 22.3 Å². The van der Waals surface area contributed by atoms with E-state index in [1.54, 1.807) is 12.3 Å². The van der Waals surface area contributed by atoms with Gasteiger partial charge >= 0.3 is 0 Å². The summed E-state index contributed by atoms with van der Waals surface area (Å²) in [6, 6.07) is 7.45. The van der Waals surface area contributed by atoms with E-state index in [-0.39, 0.29) is 0 Å². The molecule has 0 saturated carbocycles. The predicted molar refractivity (Wildman–Crippen MR) is 57.5 cm³/mol. The molecule has 0 radical (unpaired) electrons. The quantitative estimate of drug-likeness (QED) is 0.694. The van der Waals surface area contributed by atoms with Crippen molar-refractivity contribution < 1.29 is 0 Å². The molecule has 2 nitrogen and oxygen atoms in total. The minimum absolute atomic E-state index is 0.410. The summed E-state index contributed by atoms with van der Waals surface area (Å²) in [5, 5.41) is 1.05. The van der Waals surface area contributed by atoms with Crippen molar-refractivity contribution in [2.45, 2.75) is 0 Å². The maximum absolute atomic E-state index is 6.02. The smallest absolute Gasteiger partial charge is 0.140 e. The number of hydrogen-bond acceptors (Lipinski definition) is 2. The Labute approximate surface area is 91.5 Å². The lowest BCUT2D eigenvalue weighted by Crippen LogP contribution is -1.85. The molecular formula is C10H6Cl2N2. The third-order valence-corrected chi connectivity index (χ3v) is 2.46. The minimum atomic E-state index is 0.410. The van der Waals surface area contributed by atoms with Crippen LogP contribution in [0.25, 0.3) is 11.1 Å². The van der Waals surface area contributed by atoms with Gasteiger partial charge in [-0.1, -0.05) is 41.4 Å². The summed E-state index contributed by atoms with van der Waals surface area (Å²) in [4.78, 5) is 7.80. The number of hydrogen-bond donors (Lipinski definition) is 0. The summed E-state index contributed by atoms with van der Waals surface area (Å²) in [7, 11) is 0. The maximum Gasteiger partial charge on any atom is 0.140 e. The van der Waals surface area contributed by atoms with Crippen LogP contribution in [0.15, 0.2) is 36.8 Å². The average molecular weight is 225 g/mol. The lowest BCUT2D eigenvalue weighted by Gasteiger charge is -2.03. The van der Waals surface area contributed by atoms with E-state index in [0.29, 0.717) is 10.2 Å². The summed E-state index contributed by atoms with van der Waals surface area (Å²) in [5.74, 6) is 0. The predicted octanol–water partition coefficient (Wildman–Crippen LogP) is 3.45. The topological polar surface area (TPSA) is 25.8 Å². The van der Waals surface area contributed by atoms with Crippen molar-refractivity contribution >= 4 is 23.2 Å². The number of aromatic nitrogens is 2. The average Bonchev–Trinajstić information content (AvgIpc) is 2.20. The largest absolute Gasteiger partial charge is 0.244 e. The van der Waals surface area contributed by atoms with Crippen molar-refractivity contribution in [1.82, 2.24) is 9.97 Å². The second-order valence-electron chi connectivity index (χ2n) is 2.71. The normalized spacial score (nSPS) is 10.1. The Bertz CT molecular complexity index is 414. The van der Waals surface area contributed by atoms with Gasteiger partial charge in [-0.2, -0.15) is 0 Å². The highest BCUT2D eigenvalue weighted by atomic mass is 35.5. The summed E-state index contributed by atoms with van der Waals surface area (Å²) in [6.45, 7) is 0. The SMILES string of the molecule is Clc1ccccc1-c1cncnc1Cl. The third-order valence-electron chi connectivity index (χ3n) is 1.83. The third kappa shape index (κ3) is 1.72. The molecule has 2 aromatic rings. The van der Waals surface area contributed by atoms with Crippen LogP contribution in [0.3, 0.4) is 0 Å². The monoisotopic (exact) mass is 224 g/mol. The Balaban J connectivity index is 2.61. The Morgan fingerprint density at radius 2 is 1.79 bits per heavy atom. The fourth-order valence-electron chi connectivity index (χ4n) is 1.18. The molecule has 0 spiro atoms. The van der Waals surface area contributed by atoms with E-state index in [1.165, 1.54) is 6.33 Å². The fourth-order valence-corrected chi connectivity index (χ4v) is 1.61. The first-order valence-corrected chi connectivity index (χ1v) is 4.75. The van der Waals surface area contributed by atoms with Crippen molar-refractivity contribution in [2.24, 2.45) is 0 Å². The Kier molecular flexibility index (Phi) is 2.66. The molecule has 0 aliphatic rings. The van der Waals surface area contributed by atoms with Gasteiger partial charge in [0.2, 0.25) is 0 Å². The van der Waals surface area contributed by atoms with E-state index >= 15 is 0 Å². The van der Waals surface area contributed by atoms with Crippen LogP contribution in [0.4, 0.5) is 0 Å². The first-order valence-electron chi connectivity index (χ1n) is 3.99. The molecule has 2 rings (SSSR count). The number of nitrogens with zero attached hydrogens (tertiary/aromatic N) is 2. The van der Waals surface area contributed by atoms with Crippen LogP contribution in [0, 0.1) is 0 Å². The Morgan fingerprint density at radius 1 is 1.00 bits per heavy atom. The van der Waals surface area contributed by atoms with E-state index in [9.17, 15) is 0 Å². The van der Waals surface area contributed by atoms with Gasteiger partial charge in [-0.3, -0.25) is 0 Å². The van der Waals surface area contributed by atoms with Crippen LogP contribution in [-0.4, -0.2) is 9.97 Å². The van der Waals surface area contributed by atoms with Crippen LogP contribution in [0.2, 0.25) is 10.2 Å². The van der Waals surface area contributed by atoms with Gasteiger partial charge in [-0.05, 0) is 6.07 Å². The molecule has 0 atom stereocenters. The zero-order valence-electron chi connectivity index (χ0n) is 7.11. The van der Waals surface area contributed by atoms with Gasteiger partial charge < -0.3 is 0 Å². The number of halogens is 2. The van der Waals surface area contributed by atoms with Gasteiger partial charge in [-0.15, -0.1) is 0 Å². The van der Waals surface area contributed by atoms with Crippen molar-refractivity contribution in [3.63, 3.8) is 0 Å². The molecule has 4 heteroatoms. The lowest BCUT2D eigenvalue weighted by atomic mass is 10.1. The molecule has 70 valence electrons. The van der Waals surface area contributed by atoms with Crippen molar-refractivity contribution in [1.29, 1.82) is 0 Å². The molecule has 0 bridgehead atoms. The molecule has 0 saturated heterocycles. The molecule has 0 N–H and O–H groups in total. The van der Waals surface area contributed by atoms with Crippen molar-refractivity contribution in [3.8, 4) is 11.1 Å². The highest BCUT2D eigenvalue weighted by Gasteiger charge is 2.07. The van der Waals surface area contributed by atoms with E-state index < -0.39 is 0 Å². The van der Waals surface area contributed by atoms with Crippen LogP contribution >= 0.6 is 23.2 Å². The van der Waals surface area contributed by atoms with Crippen LogP contribution in [0.1, 0.15) is 0 Å². The van der Waals surface area contributed by atoms with Crippen LogP contribution < -0.4 is 0 Å². The fraction of sp³-hybridized carbons (Fsp3) is 0. The van der Waals surface area contributed by atoms with E-state index in [0.717, 1.165) is 11.1 Å². The van der Waals surface area contributed by atoms with Crippen LogP contribution in [0.5, 0.6) is 0 Å². The Morgan fingerprint density at radius 3 is 2.50 bits per heavy atom. The molecule has 0 aliphatic heterocycles. The summed E-state index contributed by atoms with van der Waals surface area (Å²) in [6.07, 6.45) is 3.05. The van der Waals surface area contributed by atoms with Gasteiger partial charge in [0.25, 0.3) is 0 Å². The molecule has 0 fully saturated rings. The molecule has 14 heavy (non-hydrogen) atoms. The van der Waals surface area contributed by atoms with E-state index in [4.69, 9.17) is 23.2 Å². The first kappa shape index (κ1) is 9.44. The molecule has 0 aliphatic carbocycles. The minimum Gasteiger partial charge on any atom is -0.244 e. The highest BCUT2D eigenvalue weighted by Crippen LogP contribution is 2.30. The zero-order chi connectivity index (χ0) is 9.97. The Hall–Kier alpha value is -1.12. The second-order valence-corrected chi connectivity index (χ2v) is 3.47. The molecule has 1 aromatic heterocycles. The number of benzene rings is 1. The lowest BCUT2D eigenvalue weighted by molar-refractivity contribution is 1.17. The van der Waals surface area contributed by atoms with Crippen molar-refractivity contribution in [2.75, 3.05) is 0 Å². The standard InChI is InChI=1S/C10H6Cl2N2/c11-9-4-2-1-3-7(9)8-5-13-6-14-10(8)12/h1-6H. The van der Waals surface area contributed by atoms with Gasteiger partial charge in [0.1, 0.15) is 11.5 Å². The number of rotatable bonds is 1. The molecule has 1 aromatic carbocycles. The molecule has 0 amide bonds. The molecule has 0 unspecified atom stereocenters. The first-order chi connectivity index (χ1) is 6.79. The van der Waals surface area contributed by atoms with E-state index in [1.807, 2.05) is 18.2 Å². The van der Waals surface area contributed by atoms with Crippen molar-refractivity contribution in [3.05, 3.63) is 47.0 Å². The van der Waals surface area contributed by atoms with Gasteiger partial charge in [-0.25, -0.2) is 9.97 Å². The summed E-state index contributed by atoms with van der Waals surface area (Å²) >= 11 is 11.9. The van der Waals surface area contributed by atoms with Gasteiger partial charge in [0.15, 0.2) is 0 Å². The molecule has 1 heterocycles. The summed E-state index contributed by atoms with van der Waals surface area (Å²) < 4.78 is 0. The summed E-state index contributed by atoms with van der Waals surface area (Å²) in [5.41, 5.74) is 1.60. The second kappa shape index (κ2) is 3.95. The molecular weight excluding hydrogens is 219 g/mol. The van der Waals surface area contributed by atoms with E-state index in [2.05, 4.69) is 9.97 Å². The maximum atomic E-state index is 6.02. The highest BCUT2D eigenvalue weighted by molar-refractivity contribution is 6.35.